The lowest BCUT2D eigenvalue weighted by Crippen LogP contribution is -2.42. The van der Waals surface area contributed by atoms with Gasteiger partial charge in [-0.2, -0.15) is 0 Å². The number of nitrogens with zero attached hydrogens (tertiary/aromatic N) is 2. The van der Waals surface area contributed by atoms with Crippen LogP contribution in [0.2, 0.25) is 0 Å². The second-order valence-corrected chi connectivity index (χ2v) is 7.97. The lowest BCUT2D eigenvalue weighted by molar-refractivity contribution is 0.0925. The fourth-order valence-electron chi connectivity index (χ4n) is 4.66. The maximum Gasteiger partial charge on any atom is 0.193 e. The predicted molar refractivity (Wildman–Crippen MR) is 102 cm³/mol. The van der Waals surface area contributed by atoms with E-state index in [0.29, 0.717) is 11.3 Å². The van der Waals surface area contributed by atoms with Crippen molar-refractivity contribution in [3.63, 3.8) is 0 Å². The molecular formula is C21H31N3O. The Morgan fingerprint density at radius 2 is 2.12 bits per heavy atom. The van der Waals surface area contributed by atoms with Crippen molar-refractivity contribution in [3.05, 3.63) is 35.9 Å². The van der Waals surface area contributed by atoms with E-state index < -0.39 is 0 Å². The highest BCUT2D eigenvalue weighted by molar-refractivity contribution is 5.80. The topological polar surface area (TPSA) is 36.9 Å². The molecule has 2 heterocycles. The molecule has 3 fully saturated rings. The van der Waals surface area contributed by atoms with E-state index in [9.17, 15) is 0 Å². The van der Waals surface area contributed by atoms with Crippen LogP contribution in [-0.2, 0) is 4.74 Å². The molecule has 4 nitrogen and oxygen atoms in total. The summed E-state index contributed by atoms with van der Waals surface area (Å²) in [6.07, 6.45) is 6.89. The Morgan fingerprint density at radius 3 is 2.80 bits per heavy atom. The summed E-state index contributed by atoms with van der Waals surface area (Å²) in [6.45, 7) is 7.16. The fraction of sp³-hybridized carbons (Fsp3) is 0.667. The van der Waals surface area contributed by atoms with Crippen LogP contribution >= 0.6 is 0 Å². The summed E-state index contributed by atoms with van der Waals surface area (Å²) in [5.41, 5.74) is 1.90. The summed E-state index contributed by atoms with van der Waals surface area (Å²) in [7, 11) is 0. The predicted octanol–water partition coefficient (Wildman–Crippen LogP) is 3.61. The standard InChI is InChI=1S/C21H31N3O/c1-2-22-20(24-13-12-21(16-24)10-6-11-21)23-15-18-9-14-25-19(18)17-7-4-3-5-8-17/h3-5,7-8,18-19H,2,6,9-16H2,1H3,(H,22,23). The van der Waals surface area contributed by atoms with Gasteiger partial charge in [-0.25, -0.2) is 0 Å². The molecule has 0 aromatic heterocycles. The van der Waals surface area contributed by atoms with Crippen LogP contribution in [-0.4, -0.2) is 43.6 Å². The molecule has 0 radical (unpaired) electrons. The molecule has 1 aromatic rings. The first-order valence-electron chi connectivity index (χ1n) is 9.99. The summed E-state index contributed by atoms with van der Waals surface area (Å²) >= 11 is 0. The zero-order chi connectivity index (χ0) is 17.1. The molecule has 0 bridgehead atoms. The smallest absolute Gasteiger partial charge is 0.193 e. The van der Waals surface area contributed by atoms with E-state index in [1.54, 1.807) is 0 Å². The Morgan fingerprint density at radius 1 is 1.28 bits per heavy atom. The SMILES string of the molecule is CCNC(=NCC1CCOC1c1ccccc1)N1CCC2(CCC2)C1. The molecule has 2 unspecified atom stereocenters. The highest BCUT2D eigenvalue weighted by atomic mass is 16.5. The van der Waals surface area contributed by atoms with E-state index in [1.165, 1.54) is 37.8 Å². The number of hydrogen-bond acceptors (Lipinski definition) is 2. The summed E-state index contributed by atoms with van der Waals surface area (Å²) in [5.74, 6) is 1.60. The summed E-state index contributed by atoms with van der Waals surface area (Å²) in [6, 6.07) is 10.6. The average molecular weight is 341 g/mol. The third-order valence-electron chi connectivity index (χ3n) is 6.30. The molecule has 4 heteroatoms. The summed E-state index contributed by atoms with van der Waals surface area (Å²) in [5, 5.41) is 3.52. The Labute approximate surface area is 151 Å². The fourth-order valence-corrected chi connectivity index (χ4v) is 4.66. The molecule has 136 valence electrons. The Kier molecular flexibility index (Phi) is 4.98. The molecule has 1 aromatic carbocycles. The number of benzene rings is 1. The largest absolute Gasteiger partial charge is 0.373 e. The minimum Gasteiger partial charge on any atom is -0.373 e. The highest BCUT2D eigenvalue weighted by Crippen LogP contribution is 2.47. The van der Waals surface area contributed by atoms with Gasteiger partial charge in [0.05, 0.1) is 6.10 Å². The van der Waals surface area contributed by atoms with E-state index >= 15 is 0 Å². The number of aliphatic imine (C=N–C) groups is 1. The van der Waals surface area contributed by atoms with E-state index in [4.69, 9.17) is 9.73 Å². The highest BCUT2D eigenvalue weighted by Gasteiger charge is 2.43. The molecule has 1 spiro atoms. The van der Waals surface area contributed by atoms with Gasteiger partial charge in [-0.15, -0.1) is 0 Å². The van der Waals surface area contributed by atoms with Gasteiger partial charge in [0.25, 0.3) is 0 Å². The van der Waals surface area contributed by atoms with Gasteiger partial charge in [0.2, 0.25) is 0 Å². The third kappa shape index (κ3) is 3.55. The molecule has 25 heavy (non-hydrogen) atoms. The normalized spacial score (nSPS) is 28.4. The molecule has 4 rings (SSSR count). The van der Waals surface area contributed by atoms with Gasteiger partial charge in [0.15, 0.2) is 5.96 Å². The molecule has 2 atom stereocenters. The maximum absolute atomic E-state index is 6.03. The zero-order valence-electron chi connectivity index (χ0n) is 15.4. The van der Waals surface area contributed by atoms with Crippen molar-refractivity contribution in [2.24, 2.45) is 16.3 Å². The zero-order valence-corrected chi connectivity index (χ0v) is 15.4. The van der Waals surface area contributed by atoms with Gasteiger partial charge in [0.1, 0.15) is 0 Å². The molecule has 2 aliphatic heterocycles. The van der Waals surface area contributed by atoms with E-state index in [0.717, 1.165) is 38.6 Å². The van der Waals surface area contributed by atoms with Crippen molar-refractivity contribution in [3.8, 4) is 0 Å². The summed E-state index contributed by atoms with van der Waals surface area (Å²) < 4.78 is 6.03. The summed E-state index contributed by atoms with van der Waals surface area (Å²) in [4.78, 5) is 7.52. The average Bonchev–Trinajstić information content (AvgIpc) is 3.26. The lowest BCUT2D eigenvalue weighted by Gasteiger charge is -2.38. The molecule has 1 saturated carbocycles. The van der Waals surface area contributed by atoms with Crippen molar-refractivity contribution in [1.29, 1.82) is 0 Å². The number of likely N-dealkylation sites (tertiary alicyclic amines) is 1. The quantitative estimate of drug-likeness (QED) is 0.671. The lowest BCUT2D eigenvalue weighted by atomic mass is 9.68. The number of guanidine groups is 1. The van der Waals surface area contributed by atoms with Crippen LogP contribution in [0, 0.1) is 11.3 Å². The number of nitrogens with one attached hydrogen (secondary N) is 1. The van der Waals surface area contributed by atoms with E-state index in [1.807, 2.05) is 0 Å². The second-order valence-electron chi connectivity index (χ2n) is 7.97. The van der Waals surface area contributed by atoms with Crippen molar-refractivity contribution < 1.29 is 4.74 Å². The van der Waals surface area contributed by atoms with E-state index in [-0.39, 0.29) is 6.10 Å². The van der Waals surface area contributed by atoms with Crippen LogP contribution in [0.3, 0.4) is 0 Å². The number of rotatable bonds is 4. The van der Waals surface area contributed by atoms with Crippen molar-refractivity contribution in [2.75, 3.05) is 32.8 Å². The number of ether oxygens (including phenoxy) is 1. The first kappa shape index (κ1) is 16.9. The van der Waals surface area contributed by atoms with Crippen LogP contribution in [0.15, 0.2) is 35.3 Å². The molecule has 3 aliphatic rings. The van der Waals surface area contributed by atoms with Crippen LogP contribution in [0.25, 0.3) is 0 Å². The Hall–Kier alpha value is -1.55. The Bertz CT molecular complexity index is 596. The molecular weight excluding hydrogens is 310 g/mol. The maximum atomic E-state index is 6.03. The van der Waals surface area contributed by atoms with Gasteiger partial charge < -0.3 is 15.0 Å². The molecule has 1 N–H and O–H groups in total. The van der Waals surface area contributed by atoms with Crippen molar-refractivity contribution in [1.82, 2.24) is 10.2 Å². The van der Waals surface area contributed by atoms with Gasteiger partial charge in [0, 0.05) is 38.7 Å². The first-order chi connectivity index (χ1) is 12.3. The van der Waals surface area contributed by atoms with Crippen molar-refractivity contribution >= 4 is 5.96 Å². The van der Waals surface area contributed by atoms with Crippen molar-refractivity contribution in [2.45, 2.75) is 45.1 Å². The minimum atomic E-state index is 0.198. The molecule has 1 aliphatic carbocycles. The van der Waals surface area contributed by atoms with Crippen LogP contribution in [0.1, 0.15) is 50.7 Å². The number of hydrogen-bond donors (Lipinski definition) is 1. The molecule has 2 saturated heterocycles. The van der Waals surface area contributed by atoms with E-state index in [2.05, 4.69) is 47.5 Å². The molecule has 0 amide bonds. The first-order valence-corrected chi connectivity index (χ1v) is 9.99. The Balaban J connectivity index is 1.42. The van der Waals surface area contributed by atoms with Gasteiger partial charge >= 0.3 is 0 Å². The monoisotopic (exact) mass is 341 g/mol. The van der Waals surface area contributed by atoms with Crippen LogP contribution in [0.5, 0.6) is 0 Å². The third-order valence-corrected chi connectivity index (χ3v) is 6.30. The van der Waals surface area contributed by atoms with Crippen LogP contribution in [0.4, 0.5) is 0 Å². The second kappa shape index (κ2) is 7.36. The van der Waals surface area contributed by atoms with Gasteiger partial charge in [-0.05, 0) is 43.6 Å². The van der Waals surface area contributed by atoms with Gasteiger partial charge in [-0.1, -0.05) is 36.8 Å². The van der Waals surface area contributed by atoms with Gasteiger partial charge in [-0.3, -0.25) is 4.99 Å². The minimum absolute atomic E-state index is 0.198. The van der Waals surface area contributed by atoms with Crippen LogP contribution < -0.4 is 5.32 Å².